The summed E-state index contributed by atoms with van der Waals surface area (Å²) >= 11 is 1.60. The van der Waals surface area contributed by atoms with E-state index in [1.54, 1.807) is 23.7 Å². The Morgan fingerprint density at radius 2 is 2.29 bits per heavy atom. The Labute approximate surface area is 144 Å². The summed E-state index contributed by atoms with van der Waals surface area (Å²) < 4.78 is 0. The number of carbonyl (C=O) groups is 2. The first-order valence-corrected chi connectivity index (χ1v) is 8.93. The molecule has 3 rings (SSSR count). The Kier molecular flexibility index (Phi) is 5.20. The molecule has 0 aromatic carbocycles. The predicted octanol–water partition coefficient (Wildman–Crippen LogP) is 2.08. The largest absolute Gasteiger partial charge is 0.351 e. The van der Waals surface area contributed by atoms with Crippen LogP contribution in [0.5, 0.6) is 0 Å². The van der Waals surface area contributed by atoms with Crippen molar-refractivity contribution in [3.63, 3.8) is 0 Å². The lowest BCUT2D eigenvalue weighted by Gasteiger charge is -2.24. The van der Waals surface area contributed by atoms with Gasteiger partial charge in [0.2, 0.25) is 11.8 Å². The van der Waals surface area contributed by atoms with E-state index >= 15 is 0 Å². The van der Waals surface area contributed by atoms with Crippen LogP contribution in [-0.4, -0.2) is 33.2 Å². The Balaban J connectivity index is 1.71. The van der Waals surface area contributed by atoms with Crippen LogP contribution in [0.15, 0.2) is 29.2 Å². The molecule has 1 atom stereocenters. The van der Waals surface area contributed by atoms with Gasteiger partial charge in [-0.3, -0.25) is 19.6 Å². The summed E-state index contributed by atoms with van der Waals surface area (Å²) in [4.78, 5) is 34.4. The first kappa shape index (κ1) is 16.6. The van der Waals surface area contributed by atoms with Crippen molar-refractivity contribution in [2.45, 2.75) is 38.8 Å². The lowest BCUT2D eigenvalue weighted by molar-refractivity contribution is -0.131. The van der Waals surface area contributed by atoms with Crippen LogP contribution >= 0.6 is 11.3 Å². The van der Waals surface area contributed by atoms with Gasteiger partial charge in [-0.2, -0.15) is 11.3 Å². The van der Waals surface area contributed by atoms with Gasteiger partial charge in [0.05, 0.1) is 42.8 Å². The number of amides is 2. The highest BCUT2D eigenvalue weighted by atomic mass is 32.1. The Morgan fingerprint density at radius 1 is 1.42 bits per heavy atom. The topological polar surface area (TPSA) is 75.2 Å². The maximum atomic E-state index is 12.6. The molecule has 0 aliphatic carbocycles. The predicted molar refractivity (Wildman–Crippen MR) is 91.3 cm³/mol. The van der Waals surface area contributed by atoms with Crippen molar-refractivity contribution in [3.8, 4) is 0 Å². The van der Waals surface area contributed by atoms with Crippen LogP contribution in [0.25, 0.3) is 0 Å². The number of hydrogen-bond acceptors (Lipinski definition) is 5. The van der Waals surface area contributed by atoms with E-state index in [9.17, 15) is 9.59 Å². The molecule has 3 heterocycles. The van der Waals surface area contributed by atoms with Gasteiger partial charge in [-0.1, -0.05) is 0 Å². The lowest BCUT2D eigenvalue weighted by atomic mass is 10.1. The molecular weight excluding hydrogens is 324 g/mol. The van der Waals surface area contributed by atoms with Gasteiger partial charge in [0.25, 0.3) is 0 Å². The SMILES string of the molecule is CC(=O)NCc1cncc(C2CCCN2C(=O)Cc2ccsc2)n1. The summed E-state index contributed by atoms with van der Waals surface area (Å²) in [5.74, 6) is 0.0283. The van der Waals surface area contributed by atoms with Gasteiger partial charge in [0, 0.05) is 13.5 Å². The zero-order valence-electron chi connectivity index (χ0n) is 13.6. The molecule has 0 radical (unpaired) electrons. The maximum Gasteiger partial charge on any atom is 0.227 e. The second-order valence-corrected chi connectivity index (χ2v) is 6.68. The summed E-state index contributed by atoms with van der Waals surface area (Å²) in [5, 5.41) is 6.72. The Morgan fingerprint density at radius 3 is 3.04 bits per heavy atom. The second-order valence-electron chi connectivity index (χ2n) is 5.90. The van der Waals surface area contributed by atoms with E-state index in [1.807, 2.05) is 21.7 Å². The first-order chi connectivity index (χ1) is 11.6. The summed E-state index contributed by atoms with van der Waals surface area (Å²) in [6.07, 6.45) is 5.66. The minimum atomic E-state index is -0.101. The molecule has 1 N–H and O–H groups in total. The molecule has 0 spiro atoms. The average Bonchev–Trinajstić information content (AvgIpc) is 3.24. The van der Waals surface area contributed by atoms with Crippen LogP contribution in [0, 0.1) is 0 Å². The normalized spacial score (nSPS) is 17.0. The molecule has 24 heavy (non-hydrogen) atoms. The summed E-state index contributed by atoms with van der Waals surface area (Å²) in [5.41, 5.74) is 2.56. The van der Waals surface area contributed by atoms with Crippen LogP contribution in [0.3, 0.4) is 0 Å². The minimum Gasteiger partial charge on any atom is -0.351 e. The molecule has 1 aliphatic rings. The van der Waals surface area contributed by atoms with Gasteiger partial charge in [0.1, 0.15) is 0 Å². The standard InChI is InChI=1S/C17H20N4O2S/c1-12(22)19-9-14-8-18-10-15(20-14)16-3-2-5-21(16)17(23)7-13-4-6-24-11-13/h4,6,8,10-11,16H,2-3,5,7,9H2,1H3,(H,19,22). The van der Waals surface area contributed by atoms with Crippen molar-refractivity contribution in [1.82, 2.24) is 20.2 Å². The highest BCUT2D eigenvalue weighted by Crippen LogP contribution is 2.31. The van der Waals surface area contributed by atoms with Crippen LogP contribution in [0.4, 0.5) is 0 Å². The molecular formula is C17H20N4O2S. The molecule has 2 aromatic rings. The van der Waals surface area contributed by atoms with Gasteiger partial charge in [-0.15, -0.1) is 0 Å². The third kappa shape index (κ3) is 3.97. The third-order valence-corrected chi connectivity index (χ3v) is 4.80. The molecule has 1 fully saturated rings. The van der Waals surface area contributed by atoms with Crippen LogP contribution in [0.2, 0.25) is 0 Å². The summed E-state index contributed by atoms with van der Waals surface area (Å²) in [6, 6.07) is 1.96. The van der Waals surface area contributed by atoms with E-state index in [2.05, 4.69) is 15.3 Å². The number of aromatic nitrogens is 2. The average molecular weight is 344 g/mol. The fraction of sp³-hybridized carbons (Fsp3) is 0.412. The quantitative estimate of drug-likeness (QED) is 0.901. The number of nitrogens with zero attached hydrogens (tertiary/aromatic N) is 3. The molecule has 126 valence electrons. The molecule has 1 saturated heterocycles. The molecule has 2 amide bonds. The number of carbonyl (C=O) groups excluding carboxylic acids is 2. The van der Waals surface area contributed by atoms with Crippen LogP contribution in [0.1, 0.15) is 42.8 Å². The molecule has 0 bridgehead atoms. The van der Waals surface area contributed by atoms with Crippen LogP contribution < -0.4 is 5.32 Å². The Bertz CT molecular complexity index is 717. The highest BCUT2D eigenvalue weighted by molar-refractivity contribution is 7.08. The van der Waals surface area contributed by atoms with Gasteiger partial charge in [0.15, 0.2) is 0 Å². The van der Waals surface area contributed by atoms with Gasteiger partial charge < -0.3 is 10.2 Å². The number of rotatable bonds is 5. The van der Waals surface area contributed by atoms with E-state index in [1.165, 1.54) is 6.92 Å². The fourth-order valence-corrected chi connectivity index (χ4v) is 3.59. The zero-order chi connectivity index (χ0) is 16.9. The number of thiophene rings is 1. The van der Waals surface area contributed by atoms with E-state index in [0.29, 0.717) is 18.7 Å². The van der Waals surface area contributed by atoms with Gasteiger partial charge in [-0.05, 0) is 35.2 Å². The van der Waals surface area contributed by atoms with E-state index in [4.69, 9.17) is 0 Å². The van der Waals surface area contributed by atoms with Crippen LogP contribution in [-0.2, 0) is 22.6 Å². The van der Waals surface area contributed by atoms with E-state index in [-0.39, 0.29) is 17.9 Å². The number of nitrogens with one attached hydrogen (secondary N) is 1. The number of likely N-dealkylation sites (tertiary alicyclic amines) is 1. The molecule has 7 heteroatoms. The van der Waals surface area contributed by atoms with E-state index < -0.39 is 0 Å². The molecule has 6 nitrogen and oxygen atoms in total. The van der Waals surface area contributed by atoms with Crippen molar-refractivity contribution < 1.29 is 9.59 Å². The molecule has 2 aromatic heterocycles. The summed E-state index contributed by atoms with van der Waals surface area (Å²) in [6.45, 7) is 2.58. The summed E-state index contributed by atoms with van der Waals surface area (Å²) in [7, 11) is 0. The molecule has 1 aliphatic heterocycles. The minimum absolute atomic E-state index is 0.0269. The highest BCUT2D eigenvalue weighted by Gasteiger charge is 2.31. The number of hydrogen-bond donors (Lipinski definition) is 1. The van der Waals surface area contributed by atoms with Crippen molar-refractivity contribution >= 4 is 23.2 Å². The fourth-order valence-electron chi connectivity index (χ4n) is 2.93. The monoisotopic (exact) mass is 344 g/mol. The van der Waals surface area contributed by atoms with Crippen molar-refractivity contribution in [1.29, 1.82) is 0 Å². The van der Waals surface area contributed by atoms with E-state index in [0.717, 1.165) is 30.6 Å². The van der Waals surface area contributed by atoms with Gasteiger partial charge in [-0.25, -0.2) is 0 Å². The van der Waals surface area contributed by atoms with Crippen molar-refractivity contribution in [2.24, 2.45) is 0 Å². The maximum absolute atomic E-state index is 12.6. The molecule has 1 unspecified atom stereocenters. The smallest absolute Gasteiger partial charge is 0.227 e. The zero-order valence-corrected chi connectivity index (χ0v) is 14.4. The second kappa shape index (κ2) is 7.53. The first-order valence-electron chi connectivity index (χ1n) is 7.99. The molecule has 0 saturated carbocycles. The van der Waals surface area contributed by atoms with Gasteiger partial charge >= 0.3 is 0 Å². The third-order valence-electron chi connectivity index (χ3n) is 4.07. The van der Waals surface area contributed by atoms with Crippen molar-refractivity contribution in [3.05, 3.63) is 46.2 Å². The Hall–Kier alpha value is -2.28. The lowest BCUT2D eigenvalue weighted by Crippen LogP contribution is -2.32. The van der Waals surface area contributed by atoms with Crippen molar-refractivity contribution in [2.75, 3.05) is 6.54 Å².